The Morgan fingerprint density at radius 1 is 1.00 bits per heavy atom. The molecule has 0 aliphatic carbocycles. The molecule has 1 aromatic heterocycles. The van der Waals surface area contributed by atoms with Gasteiger partial charge < -0.3 is 4.90 Å². The molecule has 0 N–H and O–H groups in total. The highest BCUT2D eigenvalue weighted by molar-refractivity contribution is 9.10. The predicted octanol–water partition coefficient (Wildman–Crippen LogP) is 3.56. The van der Waals surface area contributed by atoms with E-state index in [0.29, 0.717) is 36.1 Å². The number of sulfonamides is 1. The van der Waals surface area contributed by atoms with E-state index in [-0.39, 0.29) is 0 Å². The number of hydrogen-bond donors (Lipinski definition) is 0. The molecule has 1 aliphatic rings. The molecule has 3 aromatic rings. The summed E-state index contributed by atoms with van der Waals surface area (Å²) in [6, 6.07) is 12.3. The molecule has 0 saturated carbocycles. The smallest absolute Gasteiger partial charge is 0.243 e. The Morgan fingerprint density at radius 2 is 1.78 bits per heavy atom. The van der Waals surface area contributed by atoms with E-state index < -0.39 is 10.0 Å². The third-order valence-electron chi connectivity index (χ3n) is 4.55. The maximum atomic E-state index is 12.9. The van der Waals surface area contributed by atoms with Gasteiger partial charge >= 0.3 is 0 Å². The molecule has 0 bridgehead atoms. The van der Waals surface area contributed by atoms with Crippen LogP contribution >= 0.6 is 27.5 Å². The summed E-state index contributed by atoms with van der Waals surface area (Å²) in [6.45, 7) is 1.91. The molecule has 4 rings (SSSR count). The molecule has 9 heteroatoms. The summed E-state index contributed by atoms with van der Waals surface area (Å²) >= 11 is 9.38. The van der Waals surface area contributed by atoms with Crippen molar-refractivity contribution < 1.29 is 8.42 Å². The first-order valence-corrected chi connectivity index (χ1v) is 11.0. The molecule has 2 aromatic carbocycles. The van der Waals surface area contributed by atoms with Gasteiger partial charge in [0, 0.05) is 41.1 Å². The van der Waals surface area contributed by atoms with Crippen LogP contribution in [0.25, 0.3) is 10.9 Å². The summed E-state index contributed by atoms with van der Waals surface area (Å²) < 4.78 is 28.0. The van der Waals surface area contributed by atoms with E-state index in [1.165, 1.54) is 10.6 Å². The lowest BCUT2D eigenvalue weighted by Gasteiger charge is -2.35. The zero-order valence-corrected chi connectivity index (χ0v) is 17.4. The molecule has 1 saturated heterocycles. The Morgan fingerprint density at radius 3 is 2.52 bits per heavy atom. The van der Waals surface area contributed by atoms with Crippen LogP contribution in [0.1, 0.15) is 0 Å². The van der Waals surface area contributed by atoms with Crippen molar-refractivity contribution in [2.75, 3.05) is 31.1 Å². The lowest BCUT2D eigenvalue weighted by atomic mass is 10.2. The Balaban J connectivity index is 1.56. The Labute approximate surface area is 171 Å². The summed E-state index contributed by atoms with van der Waals surface area (Å²) in [5, 5.41) is 1.53. The number of rotatable bonds is 3. The second-order valence-electron chi connectivity index (χ2n) is 6.21. The number of piperazine rings is 1. The lowest BCUT2D eigenvalue weighted by molar-refractivity contribution is 0.384. The zero-order chi connectivity index (χ0) is 19.0. The van der Waals surface area contributed by atoms with Gasteiger partial charge in [-0.1, -0.05) is 33.6 Å². The number of nitrogens with zero attached hydrogens (tertiary/aromatic N) is 4. The average molecular weight is 468 g/mol. The van der Waals surface area contributed by atoms with Crippen LogP contribution in [0.3, 0.4) is 0 Å². The highest BCUT2D eigenvalue weighted by atomic mass is 79.9. The molecule has 0 spiro atoms. The van der Waals surface area contributed by atoms with E-state index in [9.17, 15) is 8.42 Å². The zero-order valence-electron chi connectivity index (χ0n) is 14.2. The van der Waals surface area contributed by atoms with Crippen LogP contribution in [-0.4, -0.2) is 48.9 Å². The van der Waals surface area contributed by atoms with Gasteiger partial charge in [-0.2, -0.15) is 4.31 Å². The van der Waals surface area contributed by atoms with E-state index in [1.54, 1.807) is 24.3 Å². The average Bonchev–Trinajstić information content (AvgIpc) is 2.67. The third kappa shape index (κ3) is 3.67. The minimum Gasteiger partial charge on any atom is -0.353 e. The van der Waals surface area contributed by atoms with E-state index in [2.05, 4.69) is 30.8 Å². The summed E-state index contributed by atoms with van der Waals surface area (Å²) in [4.78, 5) is 11.1. The van der Waals surface area contributed by atoms with Crippen molar-refractivity contribution in [1.82, 2.24) is 14.3 Å². The van der Waals surface area contributed by atoms with Crippen LogP contribution in [0.5, 0.6) is 0 Å². The molecule has 0 unspecified atom stereocenters. The van der Waals surface area contributed by atoms with E-state index >= 15 is 0 Å². The van der Waals surface area contributed by atoms with Crippen LogP contribution in [0.4, 0.5) is 5.82 Å². The number of hydrogen-bond acceptors (Lipinski definition) is 5. The third-order valence-corrected chi connectivity index (χ3v) is 7.17. The molecule has 27 heavy (non-hydrogen) atoms. The second-order valence-corrected chi connectivity index (χ2v) is 9.50. The summed E-state index contributed by atoms with van der Waals surface area (Å²) in [5.74, 6) is 0.802. The van der Waals surface area contributed by atoms with E-state index in [1.807, 2.05) is 18.2 Å². The van der Waals surface area contributed by atoms with Crippen molar-refractivity contribution in [3.8, 4) is 0 Å². The molecule has 2 heterocycles. The van der Waals surface area contributed by atoms with Crippen molar-refractivity contribution in [3.63, 3.8) is 0 Å². The van der Waals surface area contributed by atoms with Gasteiger partial charge in [-0.05, 0) is 36.4 Å². The number of fused-ring (bicyclic) bond motifs is 1. The van der Waals surface area contributed by atoms with Gasteiger partial charge in [0.25, 0.3) is 0 Å². The molecule has 6 nitrogen and oxygen atoms in total. The molecule has 0 amide bonds. The van der Waals surface area contributed by atoms with Gasteiger partial charge in [0.1, 0.15) is 12.1 Å². The molecule has 0 radical (unpaired) electrons. The standard InChI is InChI=1S/C18H16BrClN4O2S/c19-13-2-1-3-15(10-13)27(25,26)24-8-6-23(7-9-24)18-16-5-4-14(20)11-17(16)21-12-22-18/h1-5,10-12H,6-9H2. The Hall–Kier alpha value is -1.74. The van der Waals surface area contributed by atoms with Crippen molar-refractivity contribution in [1.29, 1.82) is 0 Å². The largest absolute Gasteiger partial charge is 0.353 e. The quantitative estimate of drug-likeness (QED) is 0.589. The fourth-order valence-corrected chi connectivity index (χ4v) is 5.37. The first-order chi connectivity index (χ1) is 12.9. The van der Waals surface area contributed by atoms with Gasteiger partial charge in [-0.15, -0.1) is 0 Å². The van der Waals surface area contributed by atoms with Crippen molar-refractivity contribution in [3.05, 3.63) is 58.3 Å². The minimum atomic E-state index is -3.51. The highest BCUT2D eigenvalue weighted by Crippen LogP contribution is 2.27. The Kier molecular flexibility index (Phi) is 5.07. The fourth-order valence-electron chi connectivity index (χ4n) is 3.18. The Bertz CT molecular complexity index is 1100. The minimum absolute atomic E-state index is 0.299. The molecule has 1 fully saturated rings. The first-order valence-electron chi connectivity index (χ1n) is 8.36. The molecular formula is C18H16BrClN4O2S. The topological polar surface area (TPSA) is 66.4 Å². The SMILES string of the molecule is O=S(=O)(c1cccc(Br)c1)N1CCN(c2ncnc3cc(Cl)ccc23)CC1. The van der Waals surface area contributed by atoms with Gasteiger partial charge in [0.15, 0.2) is 0 Å². The van der Waals surface area contributed by atoms with Crippen LogP contribution in [0, 0.1) is 0 Å². The maximum Gasteiger partial charge on any atom is 0.243 e. The van der Waals surface area contributed by atoms with Crippen LogP contribution in [0.2, 0.25) is 5.02 Å². The van der Waals surface area contributed by atoms with E-state index in [4.69, 9.17) is 11.6 Å². The maximum absolute atomic E-state index is 12.9. The normalized spacial score (nSPS) is 16.0. The first kappa shape index (κ1) is 18.6. The van der Waals surface area contributed by atoms with Crippen LogP contribution < -0.4 is 4.90 Å². The lowest BCUT2D eigenvalue weighted by Crippen LogP contribution is -2.49. The van der Waals surface area contributed by atoms with E-state index in [0.717, 1.165) is 21.2 Å². The van der Waals surface area contributed by atoms with Crippen molar-refractivity contribution in [2.24, 2.45) is 0 Å². The number of benzene rings is 2. The monoisotopic (exact) mass is 466 g/mol. The summed E-state index contributed by atoms with van der Waals surface area (Å²) in [7, 11) is -3.51. The fraction of sp³-hybridized carbons (Fsp3) is 0.222. The highest BCUT2D eigenvalue weighted by Gasteiger charge is 2.29. The molecular weight excluding hydrogens is 452 g/mol. The second kappa shape index (κ2) is 7.35. The molecule has 1 aliphatic heterocycles. The van der Waals surface area contributed by atoms with Gasteiger partial charge in [-0.3, -0.25) is 0 Å². The number of anilines is 1. The summed E-state index contributed by atoms with van der Waals surface area (Å²) in [5.41, 5.74) is 0.775. The van der Waals surface area contributed by atoms with Crippen molar-refractivity contribution in [2.45, 2.75) is 4.90 Å². The van der Waals surface area contributed by atoms with Gasteiger partial charge in [0.05, 0.1) is 10.4 Å². The van der Waals surface area contributed by atoms with Crippen LogP contribution in [-0.2, 0) is 10.0 Å². The van der Waals surface area contributed by atoms with Crippen LogP contribution in [0.15, 0.2) is 58.2 Å². The molecule has 140 valence electrons. The number of aromatic nitrogens is 2. The van der Waals surface area contributed by atoms with Gasteiger partial charge in [0.2, 0.25) is 10.0 Å². The van der Waals surface area contributed by atoms with Gasteiger partial charge in [-0.25, -0.2) is 18.4 Å². The molecule has 0 atom stereocenters. The van der Waals surface area contributed by atoms with Crippen molar-refractivity contribution >= 4 is 54.3 Å². The number of halogens is 2. The summed E-state index contributed by atoms with van der Waals surface area (Å²) in [6.07, 6.45) is 1.51. The predicted molar refractivity (Wildman–Crippen MR) is 110 cm³/mol.